The van der Waals surface area contributed by atoms with E-state index in [4.69, 9.17) is 0 Å². The van der Waals surface area contributed by atoms with E-state index in [1.807, 2.05) is 6.92 Å². The largest absolute Gasteiger partial charge is 0.329 e. The molecule has 0 saturated carbocycles. The second-order valence-corrected chi connectivity index (χ2v) is 4.56. The summed E-state index contributed by atoms with van der Waals surface area (Å²) in [6.45, 7) is 1.87. The monoisotopic (exact) mass is 265 g/mol. The number of unbranched alkanes of at least 4 members (excludes halogenated alkanes) is 2. The van der Waals surface area contributed by atoms with Crippen molar-refractivity contribution in [3.63, 3.8) is 0 Å². The summed E-state index contributed by atoms with van der Waals surface area (Å²) in [5, 5.41) is 2.45. The molecule has 1 rings (SSSR count). The second-order valence-electron chi connectivity index (χ2n) is 4.56. The van der Waals surface area contributed by atoms with E-state index in [0.29, 0.717) is 30.7 Å². The fraction of sp³-hybridized carbons (Fsp3) is 0.467. The van der Waals surface area contributed by atoms with Gasteiger partial charge in [0.2, 0.25) is 6.41 Å². The normalized spacial score (nSPS) is 10.2. The molecule has 0 aromatic heterocycles. The van der Waals surface area contributed by atoms with Crippen LogP contribution in [-0.2, 0) is 16.0 Å². The van der Waals surface area contributed by atoms with E-state index >= 15 is 0 Å². The van der Waals surface area contributed by atoms with Gasteiger partial charge in [-0.1, -0.05) is 13.3 Å². The van der Waals surface area contributed by atoms with Gasteiger partial charge in [-0.2, -0.15) is 0 Å². The lowest BCUT2D eigenvalue weighted by Gasteiger charge is -2.05. The van der Waals surface area contributed by atoms with Gasteiger partial charge < -0.3 is 5.32 Å². The summed E-state index contributed by atoms with van der Waals surface area (Å²) < 4.78 is 13.3. The van der Waals surface area contributed by atoms with E-state index in [9.17, 15) is 14.0 Å². The van der Waals surface area contributed by atoms with Gasteiger partial charge in [-0.15, -0.1) is 0 Å². The van der Waals surface area contributed by atoms with Crippen molar-refractivity contribution in [1.29, 1.82) is 0 Å². The molecule has 0 aliphatic rings. The van der Waals surface area contributed by atoms with Crippen LogP contribution >= 0.6 is 0 Å². The van der Waals surface area contributed by atoms with Gasteiger partial charge in [0.25, 0.3) is 0 Å². The van der Waals surface area contributed by atoms with Crippen molar-refractivity contribution >= 4 is 17.9 Å². The van der Waals surface area contributed by atoms with Gasteiger partial charge in [0.15, 0.2) is 0 Å². The number of halogens is 1. The summed E-state index contributed by atoms with van der Waals surface area (Å²) in [5.41, 5.74) is 1.34. The first-order valence-electron chi connectivity index (χ1n) is 6.67. The number of rotatable bonds is 9. The van der Waals surface area contributed by atoms with E-state index in [1.165, 1.54) is 12.1 Å². The highest BCUT2D eigenvalue weighted by molar-refractivity contribution is 5.77. The van der Waals surface area contributed by atoms with Crippen LogP contribution in [0.3, 0.4) is 0 Å². The van der Waals surface area contributed by atoms with E-state index in [0.717, 1.165) is 31.2 Å². The van der Waals surface area contributed by atoms with Crippen LogP contribution in [0.15, 0.2) is 18.2 Å². The smallest absolute Gasteiger partial charge is 0.211 e. The lowest BCUT2D eigenvalue weighted by atomic mass is 10.0. The fourth-order valence-electron chi connectivity index (χ4n) is 1.95. The predicted octanol–water partition coefficient (Wildman–Crippen LogP) is 3.48. The highest BCUT2D eigenvalue weighted by Gasteiger charge is 2.02. The molecule has 0 aliphatic heterocycles. The highest BCUT2D eigenvalue weighted by atomic mass is 19.1. The number of benzene rings is 1. The molecule has 0 bridgehead atoms. The van der Waals surface area contributed by atoms with Crippen LogP contribution in [0.25, 0.3) is 0 Å². The quantitative estimate of drug-likeness (QED) is 0.549. The molecule has 0 saturated heterocycles. The van der Waals surface area contributed by atoms with Crippen LogP contribution in [0.4, 0.5) is 10.1 Å². The summed E-state index contributed by atoms with van der Waals surface area (Å²) in [5.74, 6) is -0.0498. The molecule has 1 N–H and O–H groups in total. The third-order valence-corrected chi connectivity index (χ3v) is 3.00. The number of anilines is 1. The molecule has 1 aromatic carbocycles. The maximum Gasteiger partial charge on any atom is 0.211 e. The summed E-state index contributed by atoms with van der Waals surface area (Å²) in [7, 11) is 0. The van der Waals surface area contributed by atoms with Gasteiger partial charge in [0, 0.05) is 18.5 Å². The molecule has 19 heavy (non-hydrogen) atoms. The zero-order chi connectivity index (χ0) is 14.1. The molecule has 0 atom stereocenters. The van der Waals surface area contributed by atoms with Crippen LogP contribution in [-0.4, -0.2) is 12.2 Å². The summed E-state index contributed by atoms with van der Waals surface area (Å²) >= 11 is 0. The molecule has 0 spiro atoms. The van der Waals surface area contributed by atoms with Gasteiger partial charge in [-0.3, -0.25) is 9.59 Å². The average molecular weight is 265 g/mol. The molecule has 0 radical (unpaired) electrons. The van der Waals surface area contributed by atoms with Crippen LogP contribution in [0.2, 0.25) is 0 Å². The number of amides is 1. The molecule has 1 amide bonds. The van der Waals surface area contributed by atoms with Gasteiger partial charge in [-0.25, -0.2) is 4.39 Å². The first-order chi connectivity index (χ1) is 9.15. The Hall–Kier alpha value is -1.71. The van der Waals surface area contributed by atoms with E-state index in [1.54, 1.807) is 6.07 Å². The topological polar surface area (TPSA) is 46.2 Å². The Morgan fingerprint density at radius 3 is 2.74 bits per heavy atom. The van der Waals surface area contributed by atoms with Crippen LogP contribution < -0.4 is 5.32 Å². The molecule has 0 heterocycles. The second kappa shape index (κ2) is 8.40. The zero-order valence-corrected chi connectivity index (χ0v) is 11.2. The van der Waals surface area contributed by atoms with Gasteiger partial charge >= 0.3 is 0 Å². The number of hydrogen-bond acceptors (Lipinski definition) is 2. The van der Waals surface area contributed by atoms with Gasteiger partial charge in [0.1, 0.15) is 11.6 Å². The Balaban J connectivity index is 2.36. The minimum Gasteiger partial charge on any atom is -0.329 e. The molecular weight excluding hydrogens is 245 g/mol. The Kier molecular flexibility index (Phi) is 6.79. The Morgan fingerprint density at radius 1 is 1.26 bits per heavy atom. The number of nitrogens with one attached hydrogen (secondary N) is 1. The Bertz CT molecular complexity index is 432. The summed E-state index contributed by atoms with van der Waals surface area (Å²) in [4.78, 5) is 21.4. The van der Waals surface area contributed by atoms with E-state index < -0.39 is 0 Å². The van der Waals surface area contributed by atoms with Gasteiger partial charge in [0.05, 0.1) is 0 Å². The predicted molar refractivity (Wildman–Crippen MR) is 73.6 cm³/mol. The van der Waals surface area contributed by atoms with Crippen molar-refractivity contribution in [3.8, 4) is 0 Å². The van der Waals surface area contributed by atoms with E-state index in [-0.39, 0.29) is 5.82 Å². The maximum atomic E-state index is 13.3. The lowest BCUT2D eigenvalue weighted by Crippen LogP contribution is -1.97. The summed E-state index contributed by atoms with van der Waals surface area (Å²) in [6, 6.07) is 4.54. The van der Waals surface area contributed by atoms with Gasteiger partial charge in [-0.05, 0) is 43.0 Å². The molecule has 4 heteroatoms. The molecule has 1 aromatic rings. The molecular formula is C15H20FNO2. The minimum absolute atomic E-state index is 0.295. The van der Waals surface area contributed by atoms with Crippen molar-refractivity contribution in [2.75, 3.05) is 5.32 Å². The third kappa shape index (κ3) is 6.13. The van der Waals surface area contributed by atoms with Crippen LogP contribution in [0, 0.1) is 5.82 Å². The SMILES string of the molecule is CCC(=O)CCCCCc1cc(F)cc(NC=O)c1. The molecule has 0 fully saturated rings. The number of hydrogen-bond donors (Lipinski definition) is 1. The number of carbonyl (C=O) groups excluding carboxylic acids is 2. The number of ketones is 1. The fourth-order valence-corrected chi connectivity index (χ4v) is 1.95. The average Bonchev–Trinajstić information content (AvgIpc) is 2.37. The Labute approximate surface area is 113 Å². The first kappa shape index (κ1) is 15.3. The zero-order valence-electron chi connectivity index (χ0n) is 11.2. The summed E-state index contributed by atoms with van der Waals surface area (Å²) in [6.07, 6.45) is 5.30. The first-order valence-corrected chi connectivity index (χ1v) is 6.67. The van der Waals surface area contributed by atoms with Crippen molar-refractivity contribution in [2.24, 2.45) is 0 Å². The molecule has 104 valence electrons. The van der Waals surface area contributed by atoms with E-state index in [2.05, 4.69) is 5.32 Å². The molecule has 0 aliphatic carbocycles. The van der Waals surface area contributed by atoms with Crippen molar-refractivity contribution in [2.45, 2.75) is 45.4 Å². The lowest BCUT2D eigenvalue weighted by molar-refractivity contribution is -0.118. The third-order valence-electron chi connectivity index (χ3n) is 3.00. The van der Waals surface area contributed by atoms with Crippen molar-refractivity contribution in [1.82, 2.24) is 0 Å². The standard InChI is InChI=1S/C15H20FNO2/c1-2-15(19)7-5-3-4-6-12-8-13(16)10-14(9-12)17-11-18/h8-11H,2-7H2,1H3,(H,17,18). The number of carbonyl (C=O) groups is 2. The Morgan fingerprint density at radius 2 is 2.05 bits per heavy atom. The van der Waals surface area contributed by atoms with Crippen LogP contribution in [0.5, 0.6) is 0 Å². The highest BCUT2D eigenvalue weighted by Crippen LogP contribution is 2.16. The number of Topliss-reactive ketones (excluding diaryl/α,β-unsaturated/α-hetero) is 1. The van der Waals surface area contributed by atoms with Crippen molar-refractivity contribution in [3.05, 3.63) is 29.6 Å². The number of aryl methyl sites for hydroxylation is 1. The van der Waals surface area contributed by atoms with Crippen molar-refractivity contribution < 1.29 is 14.0 Å². The maximum absolute atomic E-state index is 13.3. The van der Waals surface area contributed by atoms with Crippen LogP contribution in [0.1, 0.15) is 44.6 Å². The minimum atomic E-state index is -0.344. The molecule has 3 nitrogen and oxygen atoms in total. The molecule has 0 unspecified atom stereocenters.